The van der Waals surface area contributed by atoms with E-state index in [4.69, 9.17) is 0 Å². The number of fused-ring (bicyclic) bond motifs is 1. The fourth-order valence-electron chi connectivity index (χ4n) is 2.74. The predicted octanol–water partition coefficient (Wildman–Crippen LogP) is 2.52. The summed E-state index contributed by atoms with van der Waals surface area (Å²) < 4.78 is 15.1. The molecule has 0 atom stereocenters. The monoisotopic (exact) mass is 336 g/mol. The van der Waals surface area contributed by atoms with Gasteiger partial charge in [-0.2, -0.15) is 9.61 Å². The second kappa shape index (κ2) is 5.86. The molecule has 0 bridgehead atoms. The van der Waals surface area contributed by atoms with Gasteiger partial charge < -0.3 is 10.1 Å². The third-order valence-electron chi connectivity index (χ3n) is 4.01. The van der Waals surface area contributed by atoms with Crippen molar-refractivity contribution in [1.29, 1.82) is 0 Å². The Morgan fingerprint density at radius 2 is 1.96 bits per heavy atom. The van der Waals surface area contributed by atoms with E-state index in [-0.39, 0.29) is 17.9 Å². The van der Waals surface area contributed by atoms with Gasteiger partial charge in [-0.05, 0) is 23.8 Å². The Labute approximate surface area is 141 Å². The molecule has 3 aromatic heterocycles. The standard InChI is InChI=1S/C18H13FN4O2/c19-14-6-2-1-5-11(14)9-12-17(24)22-16-13(10-21-23(16)18(12)25)15-7-3-4-8-20-15/h1-8,10,25H,9H2,(H,22,24). The molecule has 0 unspecified atom stereocenters. The lowest BCUT2D eigenvalue weighted by molar-refractivity contribution is 0.427. The van der Waals surface area contributed by atoms with Crippen LogP contribution in [0.5, 0.6) is 5.88 Å². The highest BCUT2D eigenvalue weighted by Crippen LogP contribution is 2.25. The van der Waals surface area contributed by atoms with E-state index in [0.717, 1.165) is 0 Å². The van der Waals surface area contributed by atoms with E-state index >= 15 is 0 Å². The summed E-state index contributed by atoms with van der Waals surface area (Å²) in [6, 6.07) is 11.5. The summed E-state index contributed by atoms with van der Waals surface area (Å²) in [6.07, 6.45) is 3.10. The molecule has 4 rings (SSSR count). The van der Waals surface area contributed by atoms with E-state index in [0.29, 0.717) is 22.5 Å². The van der Waals surface area contributed by atoms with Crippen molar-refractivity contribution in [3.63, 3.8) is 0 Å². The van der Waals surface area contributed by atoms with Crippen LogP contribution in [0.3, 0.4) is 0 Å². The molecule has 0 amide bonds. The molecule has 7 heteroatoms. The Bertz CT molecular complexity index is 1120. The normalized spacial score (nSPS) is 11.1. The average molecular weight is 336 g/mol. The van der Waals surface area contributed by atoms with E-state index in [1.807, 2.05) is 6.07 Å². The minimum atomic E-state index is -0.495. The topological polar surface area (TPSA) is 83.3 Å². The Morgan fingerprint density at radius 1 is 1.16 bits per heavy atom. The molecule has 25 heavy (non-hydrogen) atoms. The average Bonchev–Trinajstić information content (AvgIpc) is 3.04. The van der Waals surface area contributed by atoms with Crippen molar-refractivity contribution in [1.82, 2.24) is 19.6 Å². The van der Waals surface area contributed by atoms with Crippen LogP contribution < -0.4 is 5.56 Å². The SMILES string of the molecule is O=c1[nH]c2c(-c3ccccn3)cnn2c(O)c1Cc1ccccc1F. The van der Waals surface area contributed by atoms with Crippen molar-refractivity contribution >= 4 is 5.65 Å². The molecule has 0 saturated heterocycles. The molecule has 124 valence electrons. The van der Waals surface area contributed by atoms with Gasteiger partial charge in [0.05, 0.1) is 23.0 Å². The number of H-pyrrole nitrogens is 1. The van der Waals surface area contributed by atoms with E-state index in [1.54, 1.807) is 36.5 Å². The lowest BCUT2D eigenvalue weighted by Crippen LogP contribution is -2.16. The van der Waals surface area contributed by atoms with Gasteiger partial charge in [0.15, 0.2) is 0 Å². The van der Waals surface area contributed by atoms with Gasteiger partial charge >= 0.3 is 0 Å². The number of benzene rings is 1. The Balaban J connectivity index is 1.86. The van der Waals surface area contributed by atoms with Crippen molar-refractivity contribution in [3.8, 4) is 17.1 Å². The van der Waals surface area contributed by atoms with Gasteiger partial charge in [0, 0.05) is 12.6 Å². The van der Waals surface area contributed by atoms with Crippen LogP contribution in [0.25, 0.3) is 16.9 Å². The van der Waals surface area contributed by atoms with E-state index in [9.17, 15) is 14.3 Å². The van der Waals surface area contributed by atoms with Crippen LogP contribution >= 0.6 is 0 Å². The number of nitrogens with zero attached hydrogens (tertiary/aromatic N) is 3. The second-order valence-corrected chi connectivity index (χ2v) is 5.56. The molecule has 6 nitrogen and oxygen atoms in total. The molecular formula is C18H13FN4O2. The first-order chi connectivity index (χ1) is 12.1. The number of rotatable bonds is 3. The van der Waals surface area contributed by atoms with Crippen molar-refractivity contribution in [2.24, 2.45) is 0 Å². The highest BCUT2D eigenvalue weighted by Gasteiger charge is 2.18. The zero-order chi connectivity index (χ0) is 17.4. The van der Waals surface area contributed by atoms with Gasteiger partial charge in [0.25, 0.3) is 5.56 Å². The third-order valence-corrected chi connectivity index (χ3v) is 4.01. The maximum Gasteiger partial charge on any atom is 0.258 e. The number of pyridine rings is 1. The Hall–Kier alpha value is -3.48. The van der Waals surface area contributed by atoms with Gasteiger partial charge in [-0.15, -0.1) is 0 Å². The van der Waals surface area contributed by atoms with Crippen molar-refractivity contribution in [2.45, 2.75) is 6.42 Å². The molecule has 4 aromatic rings. The summed E-state index contributed by atoms with van der Waals surface area (Å²) in [5.74, 6) is -0.750. The van der Waals surface area contributed by atoms with Gasteiger partial charge in [-0.3, -0.25) is 9.78 Å². The molecule has 0 radical (unpaired) electrons. The number of halogens is 1. The van der Waals surface area contributed by atoms with Gasteiger partial charge in [-0.25, -0.2) is 4.39 Å². The minimum Gasteiger partial charge on any atom is -0.493 e. The maximum atomic E-state index is 13.9. The van der Waals surface area contributed by atoms with Crippen LogP contribution in [-0.2, 0) is 6.42 Å². The van der Waals surface area contributed by atoms with E-state index in [2.05, 4.69) is 15.1 Å². The summed E-state index contributed by atoms with van der Waals surface area (Å²) in [7, 11) is 0. The quantitative estimate of drug-likeness (QED) is 0.602. The molecule has 0 fully saturated rings. The highest BCUT2D eigenvalue weighted by atomic mass is 19.1. The fraction of sp³-hybridized carbons (Fsp3) is 0.0556. The van der Waals surface area contributed by atoms with Gasteiger partial charge in [-0.1, -0.05) is 24.3 Å². The number of nitrogens with one attached hydrogen (secondary N) is 1. The third kappa shape index (κ3) is 2.55. The summed E-state index contributed by atoms with van der Waals surface area (Å²) in [6.45, 7) is 0. The largest absolute Gasteiger partial charge is 0.493 e. The predicted molar refractivity (Wildman–Crippen MR) is 89.9 cm³/mol. The maximum absolute atomic E-state index is 13.9. The van der Waals surface area contributed by atoms with Crippen LogP contribution in [0.2, 0.25) is 0 Å². The summed E-state index contributed by atoms with van der Waals surface area (Å²) in [5, 5.41) is 14.6. The zero-order valence-corrected chi connectivity index (χ0v) is 13.0. The van der Waals surface area contributed by atoms with Crippen LogP contribution in [0.1, 0.15) is 11.1 Å². The smallest absolute Gasteiger partial charge is 0.258 e. The summed E-state index contributed by atoms with van der Waals surface area (Å²) >= 11 is 0. The van der Waals surface area contributed by atoms with Crippen LogP contribution in [0, 0.1) is 5.82 Å². The first-order valence-electron chi connectivity index (χ1n) is 7.62. The first kappa shape index (κ1) is 15.1. The molecule has 3 heterocycles. The van der Waals surface area contributed by atoms with E-state index < -0.39 is 11.4 Å². The Morgan fingerprint density at radius 3 is 2.72 bits per heavy atom. The van der Waals surface area contributed by atoms with Crippen molar-refractivity contribution in [3.05, 3.63) is 82.2 Å². The fourth-order valence-corrected chi connectivity index (χ4v) is 2.74. The van der Waals surface area contributed by atoms with Crippen molar-refractivity contribution in [2.75, 3.05) is 0 Å². The summed E-state index contributed by atoms with van der Waals surface area (Å²) in [5.41, 5.74) is 1.41. The lowest BCUT2D eigenvalue weighted by atomic mass is 10.1. The Kier molecular flexibility index (Phi) is 3.53. The number of hydrogen-bond donors (Lipinski definition) is 2. The number of aromatic amines is 1. The van der Waals surface area contributed by atoms with E-state index in [1.165, 1.54) is 16.8 Å². The number of aromatic hydroxyl groups is 1. The minimum absolute atomic E-state index is 0.0391. The summed E-state index contributed by atoms with van der Waals surface area (Å²) in [4.78, 5) is 19.4. The van der Waals surface area contributed by atoms with Gasteiger partial charge in [0.2, 0.25) is 5.88 Å². The molecule has 0 aliphatic heterocycles. The van der Waals surface area contributed by atoms with Gasteiger partial charge in [0.1, 0.15) is 11.5 Å². The zero-order valence-electron chi connectivity index (χ0n) is 13.0. The molecule has 2 N–H and O–H groups in total. The lowest BCUT2D eigenvalue weighted by Gasteiger charge is -2.07. The molecule has 1 aromatic carbocycles. The molecule has 0 aliphatic rings. The highest BCUT2D eigenvalue weighted by molar-refractivity contribution is 5.74. The molecule has 0 aliphatic carbocycles. The van der Waals surface area contributed by atoms with Crippen LogP contribution in [-0.4, -0.2) is 24.7 Å². The second-order valence-electron chi connectivity index (χ2n) is 5.56. The molecular weight excluding hydrogens is 323 g/mol. The van der Waals surface area contributed by atoms with Crippen LogP contribution in [0.15, 0.2) is 59.7 Å². The number of aromatic nitrogens is 4. The number of hydrogen-bond acceptors (Lipinski definition) is 4. The molecule has 0 spiro atoms. The van der Waals surface area contributed by atoms with Crippen LogP contribution in [0.4, 0.5) is 4.39 Å². The first-order valence-corrected chi connectivity index (χ1v) is 7.62. The van der Waals surface area contributed by atoms with Crippen molar-refractivity contribution < 1.29 is 9.50 Å². The molecule has 0 saturated carbocycles.